The fourth-order valence-electron chi connectivity index (χ4n) is 2.60. The third-order valence-corrected chi connectivity index (χ3v) is 3.78. The molecule has 0 aliphatic carbocycles. The number of para-hydroxylation sites is 1. The predicted octanol–water partition coefficient (Wildman–Crippen LogP) is 4.18. The van der Waals surface area contributed by atoms with E-state index in [-0.39, 0.29) is 0 Å². The number of nitrogens with zero attached hydrogens (tertiary/aromatic N) is 1. The third kappa shape index (κ3) is 2.19. The third-order valence-electron chi connectivity index (χ3n) is 3.78. The van der Waals surface area contributed by atoms with Crippen LogP contribution in [0.5, 0.6) is 0 Å². The molecule has 2 heteroatoms. The van der Waals surface area contributed by atoms with Crippen LogP contribution in [-0.2, 0) is 0 Å². The molecule has 2 nitrogen and oxygen atoms in total. The maximum absolute atomic E-state index is 4.56. The number of pyridine rings is 1. The van der Waals surface area contributed by atoms with Crippen LogP contribution in [0.4, 0.5) is 0 Å². The lowest BCUT2D eigenvalue weighted by atomic mass is 9.94. The van der Waals surface area contributed by atoms with E-state index >= 15 is 0 Å². The molecule has 1 aromatic heterocycles. The van der Waals surface area contributed by atoms with Gasteiger partial charge in [-0.15, -0.1) is 0 Å². The van der Waals surface area contributed by atoms with Crippen molar-refractivity contribution in [3.63, 3.8) is 0 Å². The summed E-state index contributed by atoms with van der Waals surface area (Å²) in [5.74, 6) is 0. The number of nitrogens with one attached hydrogen (secondary N) is 1. The van der Waals surface area contributed by atoms with Crippen molar-refractivity contribution in [1.82, 2.24) is 10.3 Å². The molecule has 1 unspecified atom stereocenters. The van der Waals surface area contributed by atoms with Crippen molar-refractivity contribution in [2.75, 3.05) is 7.05 Å². The van der Waals surface area contributed by atoms with Crippen LogP contribution >= 0.6 is 0 Å². The topological polar surface area (TPSA) is 24.9 Å². The Morgan fingerprint density at radius 1 is 0.900 bits per heavy atom. The fourth-order valence-corrected chi connectivity index (χ4v) is 2.60. The molecule has 0 bridgehead atoms. The molecule has 1 N–H and O–H groups in total. The van der Waals surface area contributed by atoms with Crippen molar-refractivity contribution in [3.8, 4) is 11.1 Å². The van der Waals surface area contributed by atoms with Gasteiger partial charge in [0, 0.05) is 23.2 Å². The van der Waals surface area contributed by atoms with E-state index in [1.54, 1.807) is 0 Å². The van der Waals surface area contributed by atoms with Gasteiger partial charge in [-0.25, -0.2) is 0 Å². The van der Waals surface area contributed by atoms with Gasteiger partial charge in [0.25, 0.3) is 0 Å². The molecule has 1 atom stereocenters. The number of fused-ring (bicyclic) bond motifs is 1. The Morgan fingerprint density at radius 3 is 2.50 bits per heavy atom. The molecule has 0 radical (unpaired) electrons. The first kappa shape index (κ1) is 12.8. The van der Waals surface area contributed by atoms with E-state index in [9.17, 15) is 0 Å². The SMILES string of the molecule is CNC(C)c1ccccc1-c1cccc2cccnc12. The van der Waals surface area contributed by atoms with Crippen LogP contribution in [0, 0.1) is 0 Å². The zero-order valence-electron chi connectivity index (χ0n) is 11.8. The normalized spacial score (nSPS) is 12.5. The summed E-state index contributed by atoms with van der Waals surface area (Å²) >= 11 is 0. The van der Waals surface area contributed by atoms with Crippen LogP contribution in [0.1, 0.15) is 18.5 Å². The Morgan fingerprint density at radius 2 is 1.65 bits per heavy atom. The summed E-state index contributed by atoms with van der Waals surface area (Å²) in [6.07, 6.45) is 1.86. The van der Waals surface area contributed by atoms with Gasteiger partial charge >= 0.3 is 0 Å². The van der Waals surface area contributed by atoms with Crippen molar-refractivity contribution >= 4 is 10.9 Å². The maximum atomic E-state index is 4.56. The average molecular weight is 262 g/mol. The number of aromatic nitrogens is 1. The molecule has 0 fully saturated rings. The zero-order chi connectivity index (χ0) is 13.9. The summed E-state index contributed by atoms with van der Waals surface area (Å²) in [6, 6.07) is 19.3. The zero-order valence-corrected chi connectivity index (χ0v) is 11.8. The minimum absolute atomic E-state index is 0.310. The molecule has 20 heavy (non-hydrogen) atoms. The van der Waals surface area contributed by atoms with Crippen molar-refractivity contribution < 1.29 is 0 Å². The van der Waals surface area contributed by atoms with Crippen LogP contribution in [0.15, 0.2) is 60.8 Å². The Kier molecular flexibility index (Phi) is 3.48. The Labute approximate surface area is 119 Å². The van der Waals surface area contributed by atoms with Crippen molar-refractivity contribution in [1.29, 1.82) is 0 Å². The van der Waals surface area contributed by atoms with E-state index in [1.165, 1.54) is 22.1 Å². The lowest BCUT2D eigenvalue weighted by Gasteiger charge is -2.16. The van der Waals surface area contributed by atoms with E-state index in [0.29, 0.717) is 6.04 Å². The molecule has 1 heterocycles. The molecule has 3 rings (SSSR count). The van der Waals surface area contributed by atoms with Crippen LogP contribution in [0.3, 0.4) is 0 Å². The Bertz CT molecular complexity index is 729. The molecule has 0 aliphatic rings. The molecular weight excluding hydrogens is 244 g/mol. The average Bonchev–Trinajstić information content (AvgIpc) is 2.53. The summed E-state index contributed by atoms with van der Waals surface area (Å²) in [5.41, 5.74) is 4.80. The van der Waals surface area contributed by atoms with Crippen LogP contribution < -0.4 is 5.32 Å². The van der Waals surface area contributed by atoms with Crippen molar-refractivity contribution in [2.24, 2.45) is 0 Å². The van der Waals surface area contributed by atoms with Crippen molar-refractivity contribution in [3.05, 3.63) is 66.4 Å². The van der Waals surface area contributed by atoms with Gasteiger partial charge in [0.1, 0.15) is 0 Å². The molecule has 0 spiro atoms. The molecule has 0 amide bonds. The van der Waals surface area contributed by atoms with E-state index in [4.69, 9.17) is 0 Å². The highest BCUT2D eigenvalue weighted by Crippen LogP contribution is 2.32. The minimum atomic E-state index is 0.310. The first-order valence-corrected chi connectivity index (χ1v) is 6.91. The van der Waals surface area contributed by atoms with Crippen LogP contribution in [0.25, 0.3) is 22.0 Å². The number of hydrogen-bond donors (Lipinski definition) is 1. The minimum Gasteiger partial charge on any atom is -0.313 e. The monoisotopic (exact) mass is 262 g/mol. The molecule has 0 aliphatic heterocycles. The Balaban J connectivity index is 2.26. The lowest BCUT2D eigenvalue weighted by molar-refractivity contribution is 0.654. The quantitative estimate of drug-likeness (QED) is 0.766. The first-order chi connectivity index (χ1) is 9.81. The summed E-state index contributed by atoms with van der Waals surface area (Å²) < 4.78 is 0. The van der Waals surface area contributed by atoms with Crippen LogP contribution in [0.2, 0.25) is 0 Å². The van der Waals surface area contributed by atoms with Gasteiger partial charge in [0.15, 0.2) is 0 Å². The van der Waals surface area contributed by atoms with E-state index < -0.39 is 0 Å². The maximum Gasteiger partial charge on any atom is 0.0780 e. The fraction of sp³-hybridized carbons (Fsp3) is 0.167. The standard InChI is InChI=1S/C18H18N2/c1-13(19-2)15-9-3-4-10-16(15)17-11-5-7-14-8-6-12-20-18(14)17/h3-13,19H,1-2H3. The van der Waals surface area contributed by atoms with Gasteiger partial charge < -0.3 is 5.32 Å². The van der Waals surface area contributed by atoms with E-state index in [2.05, 4.69) is 65.8 Å². The molecule has 2 aromatic carbocycles. The molecular formula is C18H18N2. The molecule has 0 saturated carbocycles. The van der Waals surface area contributed by atoms with E-state index in [0.717, 1.165) is 5.52 Å². The number of rotatable bonds is 3. The van der Waals surface area contributed by atoms with Gasteiger partial charge in [-0.1, -0.05) is 48.5 Å². The first-order valence-electron chi connectivity index (χ1n) is 6.91. The smallest absolute Gasteiger partial charge is 0.0780 e. The predicted molar refractivity (Wildman–Crippen MR) is 84.7 cm³/mol. The van der Waals surface area contributed by atoms with E-state index in [1.807, 2.05) is 19.3 Å². The number of hydrogen-bond acceptors (Lipinski definition) is 2. The molecule has 3 aromatic rings. The van der Waals surface area contributed by atoms with Gasteiger partial charge in [-0.2, -0.15) is 0 Å². The van der Waals surface area contributed by atoms with Crippen LogP contribution in [-0.4, -0.2) is 12.0 Å². The number of benzene rings is 2. The second-order valence-corrected chi connectivity index (χ2v) is 4.98. The van der Waals surface area contributed by atoms with Gasteiger partial charge in [0.05, 0.1) is 5.52 Å². The second kappa shape index (κ2) is 5.43. The summed E-state index contributed by atoms with van der Waals surface area (Å²) in [7, 11) is 1.99. The van der Waals surface area contributed by atoms with Gasteiger partial charge in [-0.05, 0) is 31.2 Å². The molecule has 0 saturated heterocycles. The van der Waals surface area contributed by atoms with Gasteiger partial charge in [-0.3, -0.25) is 4.98 Å². The largest absolute Gasteiger partial charge is 0.313 e. The Hall–Kier alpha value is -2.19. The molecule has 100 valence electrons. The van der Waals surface area contributed by atoms with Crippen molar-refractivity contribution in [2.45, 2.75) is 13.0 Å². The highest BCUT2D eigenvalue weighted by Gasteiger charge is 2.12. The summed E-state index contributed by atoms with van der Waals surface area (Å²) in [5, 5.41) is 4.50. The second-order valence-electron chi connectivity index (χ2n) is 4.98. The summed E-state index contributed by atoms with van der Waals surface area (Å²) in [6.45, 7) is 2.18. The van der Waals surface area contributed by atoms with Gasteiger partial charge in [0.2, 0.25) is 0 Å². The lowest BCUT2D eigenvalue weighted by Crippen LogP contribution is -2.13. The highest BCUT2D eigenvalue weighted by molar-refractivity contribution is 5.94. The highest BCUT2D eigenvalue weighted by atomic mass is 14.9. The summed E-state index contributed by atoms with van der Waals surface area (Å²) in [4.78, 5) is 4.56.